The number of ether oxygens (including phenoxy) is 4. The summed E-state index contributed by atoms with van der Waals surface area (Å²) < 4.78 is 32.8. The van der Waals surface area contributed by atoms with Crippen LogP contribution in [0.4, 0.5) is 0 Å². The summed E-state index contributed by atoms with van der Waals surface area (Å²) in [5, 5.41) is 0. The molecule has 0 N–H and O–H groups in total. The molecular formula is C72H78N4O4+2. The van der Waals surface area contributed by atoms with E-state index in [1.54, 1.807) is 0 Å². The van der Waals surface area contributed by atoms with Gasteiger partial charge in [0.25, 0.3) is 0 Å². The number of fused-ring (bicyclic) bond motifs is 8. The first-order valence-corrected chi connectivity index (χ1v) is 30.3. The average molecular weight is 1060 g/mol. The Labute approximate surface area is 474 Å². The number of aryl methyl sites for hydroxylation is 6. The number of hydrogen-bond donors (Lipinski definition) is 0. The molecule has 8 nitrogen and oxygen atoms in total. The Hall–Kier alpha value is -7.32. The van der Waals surface area contributed by atoms with Gasteiger partial charge in [-0.1, -0.05) is 61.4 Å². The van der Waals surface area contributed by atoms with E-state index in [1.165, 1.54) is 115 Å². The second kappa shape index (κ2) is 23.8. The van der Waals surface area contributed by atoms with Gasteiger partial charge in [-0.2, -0.15) is 0 Å². The maximum Gasteiger partial charge on any atom is 0.169 e. The third-order valence-corrected chi connectivity index (χ3v) is 18.6. The summed E-state index contributed by atoms with van der Waals surface area (Å²) in [6.45, 7) is 3.01. The van der Waals surface area contributed by atoms with Crippen molar-refractivity contribution in [2.24, 2.45) is 0 Å². The molecule has 0 spiro atoms. The molecule has 2 saturated carbocycles. The van der Waals surface area contributed by atoms with E-state index in [2.05, 4.69) is 141 Å². The molecule has 8 aromatic rings. The smallest absolute Gasteiger partial charge is 0.169 e. The molecule has 4 aromatic heterocycles. The molecule has 5 aliphatic rings. The van der Waals surface area contributed by atoms with Gasteiger partial charge in [0.2, 0.25) is 0 Å². The third-order valence-electron chi connectivity index (χ3n) is 18.6. The second-order valence-corrected chi connectivity index (χ2v) is 23.7. The number of pyridine rings is 4. The van der Waals surface area contributed by atoms with Gasteiger partial charge in [-0.25, -0.2) is 9.13 Å². The summed E-state index contributed by atoms with van der Waals surface area (Å²) in [5.41, 5.74) is 21.2. The lowest BCUT2D eigenvalue weighted by molar-refractivity contribution is -0.697. The largest absolute Gasteiger partial charge is 0.496 e. The summed E-state index contributed by atoms with van der Waals surface area (Å²) in [6.07, 6.45) is 35.4. The molecule has 0 saturated heterocycles. The standard InChI is InChI=1S/C72H78N4O4/c1-77-69-57-39-49-11-5-3-7-14-52-42-60(72(67(45-52)63-17-15-61(63)65(69)43-49)80-38-10-32-76-35-25-56(26-36-76)54-21-29-74-30-22-54)48-58-40-50-12-6-4-8-13-51-41-59(47-57)71(68(46-51)64-18-16-62(64)66(44-50)70(58)78-2)79-37-9-31-75-33-23-55(24-34-75)53-19-27-73-28-20-53/h19-30,33-36,39-46,61-64H,3-18,31-32,37-38,47-48H2,1-2H3/q+2. The highest BCUT2D eigenvalue weighted by Gasteiger charge is 2.41. The zero-order valence-corrected chi connectivity index (χ0v) is 47.1. The van der Waals surface area contributed by atoms with Crippen LogP contribution in [0.3, 0.4) is 0 Å². The molecule has 4 atom stereocenters. The zero-order chi connectivity index (χ0) is 53.8. The van der Waals surface area contributed by atoms with E-state index in [-0.39, 0.29) is 0 Å². The fourth-order valence-corrected chi connectivity index (χ4v) is 14.3. The van der Waals surface area contributed by atoms with Crippen molar-refractivity contribution in [3.05, 3.63) is 213 Å². The molecule has 80 heavy (non-hydrogen) atoms. The second-order valence-electron chi connectivity index (χ2n) is 23.7. The van der Waals surface area contributed by atoms with Gasteiger partial charge in [-0.3, -0.25) is 9.97 Å². The Morgan fingerprint density at radius 1 is 0.388 bits per heavy atom. The van der Waals surface area contributed by atoms with Crippen LogP contribution in [-0.2, 0) is 51.6 Å². The topological polar surface area (TPSA) is 70.5 Å². The Morgan fingerprint density at radius 3 is 1.02 bits per heavy atom. The average Bonchev–Trinajstić information content (AvgIpc) is 3.47. The van der Waals surface area contributed by atoms with Crippen LogP contribution in [0.15, 0.2) is 147 Å². The number of benzene rings is 4. The van der Waals surface area contributed by atoms with Gasteiger partial charge in [0.15, 0.2) is 37.9 Å². The summed E-state index contributed by atoms with van der Waals surface area (Å²) in [7, 11) is 3.84. The lowest BCUT2D eigenvalue weighted by Crippen LogP contribution is -2.33. The van der Waals surface area contributed by atoms with E-state index in [9.17, 15) is 0 Å². The quantitative estimate of drug-likeness (QED) is 0.0798. The molecule has 13 rings (SSSR count). The molecule has 0 aliphatic heterocycles. The highest BCUT2D eigenvalue weighted by molar-refractivity contribution is 5.63. The van der Waals surface area contributed by atoms with E-state index in [0.29, 0.717) is 36.9 Å². The van der Waals surface area contributed by atoms with Gasteiger partial charge >= 0.3 is 0 Å². The first-order chi connectivity index (χ1) is 39.5. The molecule has 0 amide bonds. The Morgan fingerprint density at radius 2 is 0.700 bits per heavy atom. The minimum atomic E-state index is 0.308. The first kappa shape index (κ1) is 52.1. The molecule has 4 aromatic carbocycles. The first-order valence-electron chi connectivity index (χ1n) is 30.3. The van der Waals surface area contributed by atoms with Gasteiger partial charge in [-0.05, 0) is 214 Å². The number of nitrogens with zero attached hydrogens (tertiary/aromatic N) is 4. The van der Waals surface area contributed by atoms with Crippen LogP contribution in [0, 0.1) is 0 Å². The number of aromatic nitrogens is 4. The highest BCUT2D eigenvalue weighted by Crippen LogP contribution is 2.58. The lowest BCUT2D eigenvalue weighted by Gasteiger charge is -2.41. The van der Waals surface area contributed by atoms with Crippen molar-refractivity contribution >= 4 is 0 Å². The van der Waals surface area contributed by atoms with Crippen LogP contribution in [0.1, 0.15) is 167 Å². The van der Waals surface area contributed by atoms with Crippen molar-refractivity contribution in [3.8, 4) is 45.3 Å². The molecule has 4 unspecified atom stereocenters. The van der Waals surface area contributed by atoms with Gasteiger partial charge in [0.05, 0.1) is 27.4 Å². The van der Waals surface area contributed by atoms with E-state index in [1.807, 2.05) is 39.0 Å². The molecule has 8 heteroatoms. The number of methoxy groups -OCH3 is 2. The summed E-state index contributed by atoms with van der Waals surface area (Å²) in [5.74, 6) is 5.56. The zero-order valence-electron chi connectivity index (χ0n) is 47.1. The van der Waals surface area contributed by atoms with Crippen LogP contribution in [0.5, 0.6) is 23.0 Å². The maximum atomic E-state index is 7.35. The van der Waals surface area contributed by atoms with Crippen molar-refractivity contribution in [2.75, 3.05) is 27.4 Å². The Bertz CT molecular complexity index is 3220. The highest BCUT2D eigenvalue weighted by atomic mass is 16.5. The SMILES string of the molecule is COc1c2cc3cc1C1CCC1c1cc(cc(c1OCCC[n+]1ccc(-c4ccncc4)cc1)Cc1cc4cc(c1OC)C1CCC1c1cc(cc(c1OCCC[n+]1ccc(-c5ccncc5)cc1)C2)CCCCC4)CCCCC3. The van der Waals surface area contributed by atoms with E-state index < -0.39 is 0 Å². The minimum absolute atomic E-state index is 0.308. The van der Waals surface area contributed by atoms with E-state index in [0.717, 1.165) is 126 Å². The predicted octanol–water partition coefficient (Wildman–Crippen LogP) is 14.7. The van der Waals surface area contributed by atoms with Gasteiger partial charge in [0, 0.05) is 74.7 Å². The molecule has 408 valence electrons. The number of rotatable bonds is 14. The van der Waals surface area contributed by atoms with E-state index in [4.69, 9.17) is 18.9 Å². The fourth-order valence-electron chi connectivity index (χ4n) is 14.3. The molecule has 0 radical (unpaired) electrons. The van der Waals surface area contributed by atoms with Gasteiger partial charge < -0.3 is 18.9 Å². The van der Waals surface area contributed by atoms with Crippen LogP contribution < -0.4 is 28.1 Å². The van der Waals surface area contributed by atoms with Crippen molar-refractivity contribution in [2.45, 2.75) is 152 Å². The molecule has 2 fully saturated rings. The van der Waals surface area contributed by atoms with Crippen molar-refractivity contribution in [3.63, 3.8) is 0 Å². The Kier molecular flexibility index (Phi) is 15.5. The minimum Gasteiger partial charge on any atom is -0.496 e. The molecule has 12 bridgehead atoms. The van der Waals surface area contributed by atoms with Gasteiger partial charge in [0.1, 0.15) is 23.0 Å². The Balaban J connectivity index is 0.905. The fraction of sp³-hybridized carbons (Fsp3) is 0.389. The molecular weight excluding hydrogens is 985 g/mol. The summed E-state index contributed by atoms with van der Waals surface area (Å²) >= 11 is 0. The van der Waals surface area contributed by atoms with E-state index >= 15 is 0 Å². The lowest BCUT2D eigenvalue weighted by atomic mass is 9.64. The number of hydrogen-bond acceptors (Lipinski definition) is 6. The van der Waals surface area contributed by atoms with Crippen molar-refractivity contribution in [1.82, 2.24) is 9.97 Å². The molecule has 5 aliphatic carbocycles. The van der Waals surface area contributed by atoms with Crippen LogP contribution in [-0.4, -0.2) is 37.4 Å². The monoisotopic (exact) mass is 1060 g/mol. The summed E-state index contributed by atoms with van der Waals surface area (Å²) in [6, 6.07) is 37.4. The molecule has 4 heterocycles. The summed E-state index contributed by atoms with van der Waals surface area (Å²) in [4.78, 5) is 8.44. The maximum absolute atomic E-state index is 7.35. The van der Waals surface area contributed by atoms with Crippen LogP contribution in [0.2, 0.25) is 0 Å². The van der Waals surface area contributed by atoms with Crippen LogP contribution >= 0.6 is 0 Å². The predicted molar refractivity (Wildman–Crippen MR) is 316 cm³/mol. The van der Waals surface area contributed by atoms with Crippen LogP contribution in [0.25, 0.3) is 22.3 Å². The normalized spacial score (nSPS) is 19.1. The van der Waals surface area contributed by atoms with Gasteiger partial charge in [-0.15, -0.1) is 0 Å². The third kappa shape index (κ3) is 11.0. The van der Waals surface area contributed by atoms with Crippen molar-refractivity contribution < 1.29 is 28.1 Å². The van der Waals surface area contributed by atoms with Crippen molar-refractivity contribution in [1.29, 1.82) is 0 Å².